The summed E-state index contributed by atoms with van der Waals surface area (Å²) in [5, 5.41) is 13.4. The van der Waals surface area contributed by atoms with E-state index in [1.54, 1.807) is 14.0 Å². The number of nitrogen functional groups attached to an aromatic ring is 1. The first kappa shape index (κ1) is 14.0. The molecule has 1 unspecified atom stereocenters. The van der Waals surface area contributed by atoms with Crippen LogP contribution in [0.2, 0.25) is 0 Å². The van der Waals surface area contributed by atoms with E-state index in [-0.39, 0.29) is 5.91 Å². The van der Waals surface area contributed by atoms with E-state index < -0.39 is 5.60 Å². The highest BCUT2D eigenvalue weighted by molar-refractivity contribution is 7.19. The molecule has 1 aliphatic rings. The molecule has 0 spiro atoms. The highest BCUT2D eigenvalue weighted by Crippen LogP contribution is 2.46. The van der Waals surface area contributed by atoms with Gasteiger partial charge in [-0.05, 0) is 13.3 Å². The number of β-amino-alcohol motifs (C(OH)–C–C–N with tert-alkyl or cyclic N) is 1. The van der Waals surface area contributed by atoms with Gasteiger partial charge >= 0.3 is 0 Å². The maximum absolute atomic E-state index is 11.8. The zero-order chi connectivity index (χ0) is 14.2. The topological polar surface area (TPSA) is 87.8 Å². The van der Waals surface area contributed by atoms with Gasteiger partial charge in [-0.25, -0.2) is 0 Å². The summed E-state index contributed by atoms with van der Waals surface area (Å²) >= 11 is 1.29. The van der Waals surface area contributed by atoms with Crippen molar-refractivity contribution in [2.24, 2.45) is 0 Å². The Kier molecular flexibility index (Phi) is 3.60. The number of nitrogens with zero attached hydrogens (tertiary/aromatic N) is 1. The SMILES string of the molecule is CNC(=O)c1sc(N2CCC(C)(O)C2)c(OC)c1N. The third-order valence-corrected chi connectivity index (χ3v) is 4.51. The van der Waals surface area contributed by atoms with E-state index in [0.717, 1.165) is 11.5 Å². The third-order valence-electron chi connectivity index (χ3n) is 3.26. The van der Waals surface area contributed by atoms with Crippen LogP contribution in [-0.2, 0) is 0 Å². The Labute approximate surface area is 116 Å². The smallest absolute Gasteiger partial charge is 0.263 e. The molecule has 0 aromatic carbocycles. The Balaban J connectivity index is 2.38. The summed E-state index contributed by atoms with van der Waals surface area (Å²) in [6.07, 6.45) is 0.684. The van der Waals surface area contributed by atoms with Gasteiger partial charge in [-0.15, -0.1) is 11.3 Å². The largest absolute Gasteiger partial charge is 0.492 e. The minimum absolute atomic E-state index is 0.224. The molecular weight excluding hydrogens is 266 g/mol. The Morgan fingerprint density at radius 1 is 1.63 bits per heavy atom. The van der Waals surface area contributed by atoms with Crippen molar-refractivity contribution >= 4 is 27.9 Å². The number of hydrogen-bond donors (Lipinski definition) is 3. The lowest BCUT2D eigenvalue weighted by Gasteiger charge is -2.20. The summed E-state index contributed by atoms with van der Waals surface area (Å²) in [7, 11) is 3.10. The number of carbonyl (C=O) groups excluding carboxylic acids is 1. The van der Waals surface area contributed by atoms with E-state index in [0.29, 0.717) is 29.3 Å². The van der Waals surface area contributed by atoms with Gasteiger partial charge in [0.1, 0.15) is 15.6 Å². The lowest BCUT2D eigenvalue weighted by Crippen LogP contribution is -2.29. The fraction of sp³-hybridized carbons (Fsp3) is 0.583. The molecule has 0 saturated carbocycles. The van der Waals surface area contributed by atoms with Gasteiger partial charge in [0.05, 0.1) is 12.7 Å². The molecule has 2 rings (SSSR count). The quantitative estimate of drug-likeness (QED) is 0.759. The van der Waals surface area contributed by atoms with Crippen LogP contribution in [0.15, 0.2) is 0 Å². The normalized spacial score (nSPS) is 22.6. The van der Waals surface area contributed by atoms with E-state index in [2.05, 4.69) is 5.32 Å². The van der Waals surface area contributed by atoms with Gasteiger partial charge in [0.25, 0.3) is 5.91 Å². The van der Waals surface area contributed by atoms with E-state index in [9.17, 15) is 9.90 Å². The predicted molar refractivity (Wildman–Crippen MR) is 76.1 cm³/mol. The summed E-state index contributed by atoms with van der Waals surface area (Å²) in [5.74, 6) is 0.291. The first-order valence-electron chi connectivity index (χ1n) is 6.05. The van der Waals surface area contributed by atoms with Crippen molar-refractivity contribution in [2.75, 3.05) is 37.9 Å². The highest BCUT2D eigenvalue weighted by atomic mass is 32.1. The Morgan fingerprint density at radius 2 is 2.32 bits per heavy atom. The molecule has 0 aliphatic carbocycles. The molecule has 2 heterocycles. The van der Waals surface area contributed by atoms with Gasteiger partial charge in [-0.2, -0.15) is 0 Å². The Morgan fingerprint density at radius 3 is 2.79 bits per heavy atom. The van der Waals surface area contributed by atoms with Gasteiger partial charge in [-0.3, -0.25) is 4.79 Å². The van der Waals surface area contributed by atoms with E-state index in [1.807, 2.05) is 4.90 Å². The van der Waals surface area contributed by atoms with Crippen LogP contribution in [0.5, 0.6) is 5.75 Å². The van der Waals surface area contributed by atoms with Crippen molar-refractivity contribution in [2.45, 2.75) is 18.9 Å². The lowest BCUT2D eigenvalue weighted by atomic mass is 10.1. The molecular formula is C12H19N3O3S. The summed E-state index contributed by atoms with van der Waals surface area (Å²) in [6, 6.07) is 0. The minimum atomic E-state index is -0.711. The van der Waals surface area contributed by atoms with Crippen LogP contribution in [0.4, 0.5) is 10.7 Å². The van der Waals surface area contributed by atoms with Crippen LogP contribution < -0.4 is 20.7 Å². The number of nitrogens with one attached hydrogen (secondary N) is 1. The van der Waals surface area contributed by atoms with Crippen molar-refractivity contribution in [1.29, 1.82) is 0 Å². The summed E-state index contributed by atoms with van der Waals surface area (Å²) < 4.78 is 5.31. The monoisotopic (exact) mass is 285 g/mol. The molecule has 4 N–H and O–H groups in total. The first-order valence-corrected chi connectivity index (χ1v) is 6.87. The fourth-order valence-corrected chi connectivity index (χ4v) is 3.38. The van der Waals surface area contributed by atoms with Crippen molar-refractivity contribution in [1.82, 2.24) is 5.32 Å². The second-order valence-electron chi connectivity index (χ2n) is 4.93. The molecule has 0 radical (unpaired) electrons. The van der Waals surface area contributed by atoms with Crippen LogP contribution in [0.1, 0.15) is 23.0 Å². The number of nitrogens with two attached hydrogens (primary N) is 1. The second kappa shape index (κ2) is 4.90. The van der Waals surface area contributed by atoms with Crippen LogP contribution in [0, 0.1) is 0 Å². The number of rotatable bonds is 3. The molecule has 1 saturated heterocycles. The number of thiophene rings is 1. The predicted octanol–water partition coefficient (Wildman–Crippen LogP) is 0.660. The second-order valence-corrected chi connectivity index (χ2v) is 5.93. The third kappa shape index (κ3) is 2.48. The number of methoxy groups -OCH3 is 1. The Hall–Kier alpha value is -1.47. The average molecular weight is 285 g/mol. The zero-order valence-corrected chi connectivity index (χ0v) is 12.1. The van der Waals surface area contributed by atoms with Crippen molar-refractivity contribution < 1.29 is 14.6 Å². The van der Waals surface area contributed by atoms with Crippen LogP contribution in [0.3, 0.4) is 0 Å². The first-order chi connectivity index (χ1) is 8.89. The van der Waals surface area contributed by atoms with E-state index in [4.69, 9.17) is 10.5 Å². The van der Waals surface area contributed by atoms with Gasteiger partial charge in [0, 0.05) is 20.1 Å². The number of ether oxygens (including phenoxy) is 1. The standard InChI is InChI=1S/C12H19N3O3S/c1-12(17)4-5-15(6-12)11-8(18-3)7(13)9(19-11)10(16)14-2/h17H,4-6,13H2,1-3H3,(H,14,16). The molecule has 1 amide bonds. The van der Waals surface area contributed by atoms with Crippen molar-refractivity contribution in [3.63, 3.8) is 0 Å². The van der Waals surface area contributed by atoms with E-state index in [1.165, 1.54) is 18.4 Å². The number of hydrogen-bond acceptors (Lipinski definition) is 6. The number of aliphatic hydroxyl groups is 1. The molecule has 1 aromatic rings. The van der Waals surface area contributed by atoms with Gasteiger partial charge < -0.3 is 25.8 Å². The fourth-order valence-electron chi connectivity index (χ4n) is 2.22. The molecule has 7 heteroatoms. The lowest BCUT2D eigenvalue weighted by molar-refractivity contribution is 0.0839. The van der Waals surface area contributed by atoms with Crippen LogP contribution >= 0.6 is 11.3 Å². The molecule has 19 heavy (non-hydrogen) atoms. The average Bonchev–Trinajstić information content (AvgIpc) is 2.88. The number of carbonyl (C=O) groups is 1. The van der Waals surface area contributed by atoms with Gasteiger partial charge in [-0.1, -0.05) is 0 Å². The molecule has 106 valence electrons. The molecule has 1 atom stereocenters. The maximum atomic E-state index is 11.8. The van der Waals surface area contributed by atoms with Crippen molar-refractivity contribution in [3.8, 4) is 5.75 Å². The summed E-state index contributed by atoms with van der Waals surface area (Å²) in [4.78, 5) is 14.2. The maximum Gasteiger partial charge on any atom is 0.263 e. The van der Waals surface area contributed by atoms with Gasteiger partial charge in [0.2, 0.25) is 0 Å². The molecule has 1 aromatic heterocycles. The van der Waals surface area contributed by atoms with E-state index >= 15 is 0 Å². The summed E-state index contributed by atoms with van der Waals surface area (Å²) in [6.45, 7) is 3.03. The van der Waals surface area contributed by atoms with Crippen molar-refractivity contribution in [3.05, 3.63) is 4.88 Å². The van der Waals surface area contributed by atoms with Gasteiger partial charge in [0.15, 0.2) is 5.75 Å². The zero-order valence-electron chi connectivity index (χ0n) is 11.3. The molecule has 1 aliphatic heterocycles. The molecule has 0 bridgehead atoms. The minimum Gasteiger partial charge on any atom is -0.492 e. The number of amides is 1. The Bertz CT molecular complexity index is 499. The number of anilines is 2. The van der Waals surface area contributed by atoms with Crippen LogP contribution in [-0.4, -0.2) is 43.9 Å². The van der Waals surface area contributed by atoms with Crippen LogP contribution in [0.25, 0.3) is 0 Å². The summed E-state index contributed by atoms with van der Waals surface area (Å²) in [5.41, 5.74) is 5.61. The highest BCUT2D eigenvalue weighted by Gasteiger charge is 2.35. The molecule has 1 fully saturated rings. The molecule has 6 nitrogen and oxygen atoms in total.